The van der Waals surface area contributed by atoms with Gasteiger partial charge in [0, 0.05) is 13.1 Å². The van der Waals surface area contributed by atoms with Crippen LogP contribution in [0.1, 0.15) is 30.9 Å². The van der Waals surface area contributed by atoms with Crippen LogP contribution in [0.5, 0.6) is 0 Å². The first-order chi connectivity index (χ1) is 9.85. The largest absolute Gasteiger partial charge is 0.416 e. The summed E-state index contributed by atoms with van der Waals surface area (Å²) in [5.41, 5.74) is -0.426. The number of aliphatic hydroxyl groups is 1. The van der Waals surface area contributed by atoms with Crippen molar-refractivity contribution in [2.45, 2.75) is 37.6 Å². The van der Waals surface area contributed by atoms with Crippen LogP contribution in [0.3, 0.4) is 0 Å². The standard InChI is InChI=1S/C15H20F3NO2/c1-14(7-6-13(21-14)10-19-8-9-20)11-2-4-12(5-3-11)15(16,17)18/h2-5,13,19-20H,6-10H2,1H3. The minimum atomic E-state index is -4.31. The Morgan fingerprint density at radius 3 is 2.57 bits per heavy atom. The van der Waals surface area contributed by atoms with E-state index in [4.69, 9.17) is 9.84 Å². The van der Waals surface area contributed by atoms with Crippen molar-refractivity contribution in [3.05, 3.63) is 35.4 Å². The quantitative estimate of drug-likeness (QED) is 0.822. The third-order valence-electron chi connectivity index (χ3n) is 3.85. The van der Waals surface area contributed by atoms with E-state index in [1.807, 2.05) is 6.92 Å². The van der Waals surface area contributed by atoms with Gasteiger partial charge in [-0.25, -0.2) is 0 Å². The molecule has 1 aliphatic heterocycles. The Kier molecular flexibility index (Phi) is 4.91. The maximum Gasteiger partial charge on any atom is 0.416 e. The first kappa shape index (κ1) is 16.3. The van der Waals surface area contributed by atoms with Gasteiger partial charge in [0.25, 0.3) is 0 Å². The lowest BCUT2D eigenvalue weighted by atomic mass is 9.92. The van der Waals surface area contributed by atoms with Crippen molar-refractivity contribution in [3.8, 4) is 0 Å². The lowest BCUT2D eigenvalue weighted by Crippen LogP contribution is -2.31. The number of hydrogen-bond donors (Lipinski definition) is 2. The van der Waals surface area contributed by atoms with Gasteiger partial charge in [-0.1, -0.05) is 12.1 Å². The van der Waals surface area contributed by atoms with E-state index in [9.17, 15) is 13.2 Å². The summed E-state index contributed by atoms with van der Waals surface area (Å²) in [6.07, 6.45) is -2.68. The van der Waals surface area contributed by atoms with E-state index in [1.165, 1.54) is 12.1 Å². The molecule has 21 heavy (non-hydrogen) atoms. The molecule has 0 radical (unpaired) electrons. The van der Waals surface area contributed by atoms with Crippen LogP contribution in [0.4, 0.5) is 13.2 Å². The van der Waals surface area contributed by atoms with Gasteiger partial charge < -0.3 is 15.2 Å². The molecule has 118 valence electrons. The molecular weight excluding hydrogens is 283 g/mol. The zero-order valence-electron chi connectivity index (χ0n) is 11.9. The van der Waals surface area contributed by atoms with E-state index in [0.717, 1.165) is 30.5 Å². The molecule has 0 spiro atoms. The SMILES string of the molecule is CC1(c2ccc(C(F)(F)F)cc2)CCC(CNCCO)O1. The highest BCUT2D eigenvalue weighted by Crippen LogP contribution is 2.39. The lowest BCUT2D eigenvalue weighted by molar-refractivity contribution is -0.137. The smallest absolute Gasteiger partial charge is 0.395 e. The van der Waals surface area contributed by atoms with Gasteiger partial charge in [-0.15, -0.1) is 0 Å². The summed E-state index contributed by atoms with van der Waals surface area (Å²) in [4.78, 5) is 0. The van der Waals surface area contributed by atoms with Crippen LogP contribution in [0, 0.1) is 0 Å². The fourth-order valence-corrected chi connectivity index (χ4v) is 2.63. The van der Waals surface area contributed by atoms with Crippen molar-refractivity contribution < 1.29 is 23.0 Å². The van der Waals surface area contributed by atoms with Crippen LogP contribution in [0.15, 0.2) is 24.3 Å². The number of ether oxygens (including phenoxy) is 1. The van der Waals surface area contributed by atoms with E-state index >= 15 is 0 Å². The number of alkyl halides is 3. The van der Waals surface area contributed by atoms with Crippen molar-refractivity contribution in [1.82, 2.24) is 5.32 Å². The monoisotopic (exact) mass is 303 g/mol. The van der Waals surface area contributed by atoms with Gasteiger partial charge in [0.15, 0.2) is 0 Å². The highest BCUT2D eigenvalue weighted by Gasteiger charge is 2.38. The number of nitrogens with one attached hydrogen (secondary N) is 1. The fourth-order valence-electron chi connectivity index (χ4n) is 2.63. The predicted molar refractivity (Wildman–Crippen MR) is 72.9 cm³/mol. The third-order valence-corrected chi connectivity index (χ3v) is 3.85. The molecule has 2 atom stereocenters. The van der Waals surface area contributed by atoms with Crippen molar-refractivity contribution in [2.24, 2.45) is 0 Å². The normalized spacial score (nSPS) is 26.2. The van der Waals surface area contributed by atoms with Gasteiger partial charge in [-0.05, 0) is 37.5 Å². The lowest BCUT2D eigenvalue weighted by Gasteiger charge is -2.26. The molecule has 1 aliphatic rings. The Bertz CT molecular complexity index is 461. The summed E-state index contributed by atoms with van der Waals surface area (Å²) >= 11 is 0. The van der Waals surface area contributed by atoms with E-state index in [1.54, 1.807) is 0 Å². The Morgan fingerprint density at radius 2 is 2.00 bits per heavy atom. The van der Waals surface area contributed by atoms with Gasteiger partial charge in [0.05, 0.1) is 23.9 Å². The van der Waals surface area contributed by atoms with E-state index in [2.05, 4.69) is 5.32 Å². The second kappa shape index (κ2) is 6.34. The average Bonchev–Trinajstić information content (AvgIpc) is 2.81. The van der Waals surface area contributed by atoms with Crippen LogP contribution in [-0.4, -0.2) is 30.9 Å². The number of benzene rings is 1. The first-order valence-corrected chi connectivity index (χ1v) is 7.02. The predicted octanol–water partition coefficient (Wildman–Crippen LogP) is 2.68. The summed E-state index contributed by atoms with van der Waals surface area (Å²) in [6, 6.07) is 5.18. The molecule has 0 bridgehead atoms. The molecule has 0 amide bonds. The number of hydrogen-bond acceptors (Lipinski definition) is 3. The van der Waals surface area contributed by atoms with Crippen LogP contribution >= 0.6 is 0 Å². The molecular formula is C15H20F3NO2. The summed E-state index contributed by atoms with van der Waals surface area (Å²) in [7, 11) is 0. The molecule has 2 N–H and O–H groups in total. The van der Waals surface area contributed by atoms with Crippen molar-refractivity contribution in [1.29, 1.82) is 0 Å². The Balaban J connectivity index is 2.01. The average molecular weight is 303 g/mol. The zero-order chi connectivity index (χ0) is 15.5. The highest BCUT2D eigenvalue weighted by atomic mass is 19.4. The molecule has 1 aromatic carbocycles. The highest BCUT2D eigenvalue weighted by molar-refractivity contribution is 5.29. The zero-order valence-corrected chi connectivity index (χ0v) is 11.9. The van der Waals surface area contributed by atoms with E-state index in [-0.39, 0.29) is 12.7 Å². The molecule has 0 saturated carbocycles. The van der Waals surface area contributed by atoms with Crippen LogP contribution in [0.2, 0.25) is 0 Å². The Labute approximate surface area is 122 Å². The summed E-state index contributed by atoms with van der Waals surface area (Å²) in [6.45, 7) is 3.12. The first-order valence-electron chi connectivity index (χ1n) is 7.02. The maximum absolute atomic E-state index is 12.6. The molecule has 1 saturated heterocycles. The summed E-state index contributed by atoms with van der Waals surface area (Å²) < 4.78 is 43.7. The van der Waals surface area contributed by atoms with Crippen LogP contribution in [0.25, 0.3) is 0 Å². The Morgan fingerprint density at radius 1 is 1.33 bits per heavy atom. The van der Waals surface area contributed by atoms with E-state index in [0.29, 0.717) is 13.1 Å². The van der Waals surface area contributed by atoms with Gasteiger partial charge in [-0.2, -0.15) is 13.2 Å². The Hall–Kier alpha value is -1.11. The molecule has 2 rings (SSSR count). The second-order valence-electron chi connectivity index (χ2n) is 5.51. The van der Waals surface area contributed by atoms with Crippen LogP contribution in [-0.2, 0) is 16.5 Å². The molecule has 3 nitrogen and oxygen atoms in total. The number of rotatable bonds is 5. The topological polar surface area (TPSA) is 41.5 Å². The fraction of sp³-hybridized carbons (Fsp3) is 0.600. The third kappa shape index (κ3) is 3.96. The molecule has 1 fully saturated rings. The molecule has 0 aromatic heterocycles. The van der Waals surface area contributed by atoms with Gasteiger partial charge in [0.1, 0.15) is 0 Å². The van der Waals surface area contributed by atoms with Gasteiger partial charge >= 0.3 is 6.18 Å². The van der Waals surface area contributed by atoms with Gasteiger partial charge in [-0.3, -0.25) is 0 Å². The number of halogens is 3. The molecule has 6 heteroatoms. The van der Waals surface area contributed by atoms with Gasteiger partial charge in [0.2, 0.25) is 0 Å². The molecule has 0 aliphatic carbocycles. The summed E-state index contributed by atoms with van der Waals surface area (Å²) in [5.74, 6) is 0. The van der Waals surface area contributed by atoms with E-state index < -0.39 is 17.3 Å². The number of aliphatic hydroxyl groups excluding tert-OH is 1. The summed E-state index contributed by atoms with van der Waals surface area (Å²) in [5, 5.41) is 11.8. The maximum atomic E-state index is 12.6. The van der Waals surface area contributed by atoms with Crippen LogP contribution < -0.4 is 5.32 Å². The van der Waals surface area contributed by atoms with Crippen molar-refractivity contribution in [3.63, 3.8) is 0 Å². The minimum Gasteiger partial charge on any atom is -0.395 e. The molecule has 1 aromatic rings. The second-order valence-corrected chi connectivity index (χ2v) is 5.51. The molecule has 1 heterocycles. The molecule has 2 unspecified atom stereocenters. The van der Waals surface area contributed by atoms with Crippen molar-refractivity contribution >= 4 is 0 Å². The minimum absolute atomic E-state index is 0.0174. The van der Waals surface area contributed by atoms with Crippen molar-refractivity contribution in [2.75, 3.05) is 19.7 Å².